The van der Waals surface area contributed by atoms with Crippen molar-refractivity contribution in [1.82, 2.24) is 25.1 Å². The number of hydrogen-bond acceptors (Lipinski definition) is 8. The highest BCUT2D eigenvalue weighted by molar-refractivity contribution is 7.15. The van der Waals surface area contributed by atoms with E-state index in [1.165, 1.54) is 6.20 Å². The number of rotatable bonds is 3. The van der Waals surface area contributed by atoms with Crippen molar-refractivity contribution in [3.05, 3.63) is 23.1 Å². The van der Waals surface area contributed by atoms with Gasteiger partial charge in [0, 0.05) is 39.3 Å². The molecule has 2 aromatic heterocycles. The molecule has 2 saturated heterocycles. The van der Waals surface area contributed by atoms with Gasteiger partial charge in [-0.3, -0.25) is 9.78 Å². The van der Waals surface area contributed by atoms with Gasteiger partial charge >= 0.3 is 6.18 Å². The number of carbonyl (C=O) groups excluding carboxylic acids is 1. The molecule has 0 unspecified atom stereocenters. The lowest BCUT2D eigenvalue weighted by Crippen LogP contribution is -2.47. The van der Waals surface area contributed by atoms with Gasteiger partial charge in [0.15, 0.2) is 0 Å². The summed E-state index contributed by atoms with van der Waals surface area (Å²) in [5.74, 6) is 0.483. The average Bonchev–Trinajstić information content (AvgIpc) is 3.39. The molecule has 8 nitrogen and oxygen atoms in total. The van der Waals surface area contributed by atoms with Crippen LogP contribution >= 0.6 is 11.3 Å². The van der Waals surface area contributed by atoms with Crippen LogP contribution in [-0.2, 0) is 6.18 Å². The van der Waals surface area contributed by atoms with Gasteiger partial charge in [0.05, 0.1) is 12.4 Å². The van der Waals surface area contributed by atoms with Crippen molar-refractivity contribution < 1.29 is 18.0 Å². The summed E-state index contributed by atoms with van der Waals surface area (Å²) in [4.78, 5) is 26.6. The number of nitrogens with zero attached hydrogens (tertiary/aromatic N) is 7. The molecule has 28 heavy (non-hydrogen) atoms. The standard InChI is InChI=1S/C16H18F3N7OS/c17-16(18,19)14-22-23-15(28-14)26-7-5-24(6-8-26)12-10-20-9-11(21-12)13(27)25-3-1-2-4-25/h9-10H,1-8H2. The fourth-order valence-corrected chi connectivity index (χ4v) is 4.04. The number of anilines is 2. The van der Waals surface area contributed by atoms with E-state index < -0.39 is 11.2 Å². The molecule has 0 spiro atoms. The number of hydrogen-bond donors (Lipinski definition) is 0. The summed E-state index contributed by atoms with van der Waals surface area (Å²) in [6, 6.07) is 0. The lowest BCUT2D eigenvalue weighted by Gasteiger charge is -2.34. The van der Waals surface area contributed by atoms with E-state index in [0.717, 1.165) is 25.9 Å². The molecule has 4 heterocycles. The summed E-state index contributed by atoms with van der Waals surface area (Å²) < 4.78 is 38.1. The van der Waals surface area contributed by atoms with Crippen LogP contribution in [-0.4, -0.2) is 70.2 Å². The van der Waals surface area contributed by atoms with Crippen LogP contribution < -0.4 is 9.80 Å². The number of amides is 1. The maximum atomic E-state index is 12.7. The monoisotopic (exact) mass is 413 g/mol. The molecular weight excluding hydrogens is 395 g/mol. The van der Waals surface area contributed by atoms with Crippen LogP contribution in [0.2, 0.25) is 0 Å². The number of halogens is 3. The second kappa shape index (κ2) is 7.49. The van der Waals surface area contributed by atoms with Crippen LogP contribution in [0.3, 0.4) is 0 Å². The third-order valence-corrected chi connectivity index (χ3v) is 5.79. The Hall–Kier alpha value is -2.50. The number of alkyl halides is 3. The zero-order valence-corrected chi connectivity index (χ0v) is 15.7. The van der Waals surface area contributed by atoms with Crippen LogP contribution in [0.15, 0.2) is 12.4 Å². The first kappa shape index (κ1) is 18.8. The van der Waals surface area contributed by atoms with Crippen molar-refractivity contribution in [2.75, 3.05) is 49.1 Å². The normalized spacial score (nSPS) is 18.0. The molecule has 0 radical (unpaired) electrons. The van der Waals surface area contributed by atoms with E-state index >= 15 is 0 Å². The lowest BCUT2D eigenvalue weighted by atomic mass is 10.3. The number of aromatic nitrogens is 4. The van der Waals surface area contributed by atoms with Gasteiger partial charge in [-0.25, -0.2) is 4.98 Å². The first-order valence-corrected chi connectivity index (χ1v) is 9.75. The van der Waals surface area contributed by atoms with Gasteiger partial charge in [-0.2, -0.15) is 13.2 Å². The summed E-state index contributed by atoms with van der Waals surface area (Å²) in [5.41, 5.74) is 0.320. The van der Waals surface area contributed by atoms with E-state index in [4.69, 9.17) is 0 Å². The van der Waals surface area contributed by atoms with Gasteiger partial charge in [-0.05, 0) is 12.8 Å². The molecule has 2 aliphatic heterocycles. The summed E-state index contributed by atoms with van der Waals surface area (Å²) in [5, 5.41) is 6.22. The van der Waals surface area contributed by atoms with E-state index in [9.17, 15) is 18.0 Å². The molecule has 2 fully saturated rings. The molecule has 4 rings (SSSR count). The largest absolute Gasteiger partial charge is 0.445 e. The lowest BCUT2D eigenvalue weighted by molar-refractivity contribution is -0.138. The van der Waals surface area contributed by atoms with Crippen molar-refractivity contribution in [2.24, 2.45) is 0 Å². The highest BCUT2D eigenvalue weighted by Crippen LogP contribution is 2.34. The topological polar surface area (TPSA) is 78.4 Å². The third kappa shape index (κ3) is 3.86. The number of likely N-dealkylation sites (tertiary alicyclic amines) is 1. The Morgan fingerprint density at radius 1 is 0.964 bits per heavy atom. The quantitative estimate of drug-likeness (QED) is 0.761. The summed E-state index contributed by atoms with van der Waals surface area (Å²) in [7, 11) is 0. The zero-order chi connectivity index (χ0) is 19.7. The van der Waals surface area contributed by atoms with Crippen LogP contribution in [0.1, 0.15) is 28.3 Å². The Kier molecular flexibility index (Phi) is 5.04. The highest BCUT2D eigenvalue weighted by Gasteiger charge is 2.36. The summed E-state index contributed by atoms with van der Waals surface area (Å²) >= 11 is 0.546. The third-order valence-electron chi connectivity index (χ3n) is 4.77. The molecule has 12 heteroatoms. The maximum absolute atomic E-state index is 12.7. The van der Waals surface area contributed by atoms with E-state index in [2.05, 4.69) is 20.2 Å². The minimum atomic E-state index is -4.48. The summed E-state index contributed by atoms with van der Waals surface area (Å²) in [6.45, 7) is 3.53. The number of piperazine rings is 1. The Bertz CT molecular complexity index is 845. The van der Waals surface area contributed by atoms with E-state index in [1.807, 2.05) is 4.90 Å². The number of carbonyl (C=O) groups is 1. The molecule has 1 amide bonds. The van der Waals surface area contributed by atoms with Crippen LogP contribution in [0.4, 0.5) is 24.1 Å². The molecule has 0 saturated carbocycles. The Balaban J connectivity index is 1.40. The molecule has 0 N–H and O–H groups in total. The minimum absolute atomic E-state index is 0.112. The average molecular weight is 413 g/mol. The summed E-state index contributed by atoms with van der Waals surface area (Å²) in [6.07, 6.45) is 0.601. The fourth-order valence-electron chi connectivity index (χ4n) is 3.28. The smallest absolute Gasteiger partial charge is 0.352 e. The zero-order valence-electron chi connectivity index (χ0n) is 14.9. The molecule has 0 aliphatic carbocycles. The molecular formula is C16H18F3N7OS. The predicted molar refractivity (Wildman–Crippen MR) is 96.5 cm³/mol. The molecule has 2 aromatic rings. The molecule has 0 aromatic carbocycles. The van der Waals surface area contributed by atoms with E-state index in [0.29, 0.717) is 49.0 Å². The Labute approximate surface area is 163 Å². The Morgan fingerprint density at radius 3 is 2.29 bits per heavy atom. The van der Waals surface area contributed by atoms with Crippen molar-refractivity contribution in [3.8, 4) is 0 Å². The highest BCUT2D eigenvalue weighted by atomic mass is 32.1. The van der Waals surface area contributed by atoms with Gasteiger partial charge < -0.3 is 14.7 Å². The van der Waals surface area contributed by atoms with E-state index in [1.54, 1.807) is 16.0 Å². The van der Waals surface area contributed by atoms with Crippen LogP contribution in [0.25, 0.3) is 0 Å². The van der Waals surface area contributed by atoms with Gasteiger partial charge in [-0.15, -0.1) is 10.2 Å². The first-order chi connectivity index (χ1) is 13.4. The second-order valence-corrected chi connectivity index (χ2v) is 7.58. The minimum Gasteiger partial charge on any atom is -0.352 e. The second-order valence-electron chi connectivity index (χ2n) is 6.62. The SMILES string of the molecule is O=C(c1cncc(N2CCN(c3nnc(C(F)(F)F)s3)CC2)n1)N1CCCC1. The molecule has 150 valence electrons. The predicted octanol–water partition coefficient (Wildman–Crippen LogP) is 1.91. The van der Waals surface area contributed by atoms with Gasteiger partial charge in [0.25, 0.3) is 5.91 Å². The van der Waals surface area contributed by atoms with Crippen molar-refractivity contribution >= 4 is 28.2 Å². The van der Waals surface area contributed by atoms with Crippen LogP contribution in [0, 0.1) is 0 Å². The maximum Gasteiger partial charge on any atom is 0.445 e. The van der Waals surface area contributed by atoms with Crippen molar-refractivity contribution in [3.63, 3.8) is 0 Å². The molecule has 0 atom stereocenters. The van der Waals surface area contributed by atoms with Crippen LogP contribution in [0.5, 0.6) is 0 Å². The van der Waals surface area contributed by atoms with Gasteiger partial charge in [0.1, 0.15) is 11.5 Å². The fraction of sp³-hybridized carbons (Fsp3) is 0.562. The van der Waals surface area contributed by atoms with Crippen molar-refractivity contribution in [1.29, 1.82) is 0 Å². The first-order valence-electron chi connectivity index (χ1n) is 8.94. The Morgan fingerprint density at radius 2 is 1.64 bits per heavy atom. The molecule has 2 aliphatic rings. The van der Waals surface area contributed by atoms with Crippen molar-refractivity contribution in [2.45, 2.75) is 19.0 Å². The molecule has 0 bridgehead atoms. The van der Waals surface area contributed by atoms with Gasteiger partial charge in [-0.1, -0.05) is 11.3 Å². The van der Waals surface area contributed by atoms with E-state index in [-0.39, 0.29) is 11.0 Å². The van der Waals surface area contributed by atoms with Gasteiger partial charge in [0.2, 0.25) is 10.1 Å².